The van der Waals surface area contributed by atoms with Crippen molar-refractivity contribution in [2.75, 3.05) is 10.0 Å². The number of benzene rings is 4. The summed E-state index contributed by atoms with van der Waals surface area (Å²) in [5, 5.41) is 45.7. The second-order valence-corrected chi connectivity index (χ2v) is 12.5. The largest absolute Gasteiger partial charge is 2.00 e. The number of carbonyl (C=O) groups is 2. The van der Waals surface area contributed by atoms with Crippen molar-refractivity contribution in [2.45, 2.75) is 27.7 Å². The Labute approximate surface area is 328 Å². The quantitative estimate of drug-likeness (QED) is 0.147. The smallest absolute Gasteiger partial charge is 0.858 e. The van der Waals surface area contributed by atoms with E-state index >= 15 is 0 Å². The molecule has 12 nitrogen and oxygen atoms in total. The number of hydrogen-bond donors (Lipinski definition) is 0. The summed E-state index contributed by atoms with van der Waals surface area (Å²) in [6.45, 7) is 7.03. The zero-order valence-electron chi connectivity index (χ0n) is 30.2. The van der Waals surface area contributed by atoms with E-state index in [1.807, 2.05) is 121 Å². The Morgan fingerprint density at radius 3 is 1.07 bits per heavy atom. The Hall–Kier alpha value is -6.82. The fourth-order valence-electron chi connectivity index (χ4n) is 6.00. The van der Waals surface area contributed by atoms with Crippen molar-refractivity contribution in [3.05, 3.63) is 155 Å². The first-order chi connectivity index (χ1) is 26.1. The van der Waals surface area contributed by atoms with Gasteiger partial charge in [0.1, 0.15) is 0 Å². The molecule has 0 spiro atoms. The second kappa shape index (κ2) is 16.0. The van der Waals surface area contributed by atoms with Crippen LogP contribution in [0.5, 0.6) is 11.8 Å². The summed E-state index contributed by atoms with van der Waals surface area (Å²) in [4.78, 5) is 25.7. The number of carbonyl (C=O) groups excluding carboxylic acids is 2. The second-order valence-electron chi connectivity index (χ2n) is 12.5. The van der Waals surface area contributed by atoms with Gasteiger partial charge in [-0.1, -0.05) is 72.8 Å². The molecule has 2 aliphatic rings. The topological polar surface area (TPSA) is 147 Å². The molecule has 0 saturated carbocycles. The molecule has 4 heterocycles. The molecule has 4 aromatic carbocycles. The molecule has 0 aliphatic carbocycles. The molecule has 6 aromatic rings. The van der Waals surface area contributed by atoms with Crippen molar-refractivity contribution >= 4 is 46.8 Å². The predicted octanol–water partition coefficient (Wildman–Crippen LogP) is 6.12. The molecule has 0 unspecified atom stereocenters. The van der Waals surface area contributed by atoms with E-state index in [2.05, 4.69) is 20.4 Å². The maximum Gasteiger partial charge on any atom is 2.00 e. The van der Waals surface area contributed by atoms with Crippen LogP contribution in [0.3, 0.4) is 0 Å². The average molecular weight is 778 g/mol. The first-order valence-corrected chi connectivity index (χ1v) is 17.1. The number of anilines is 2. The molecule has 2 aliphatic heterocycles. The van der Waals surface area contributed by atoms with Gasteiger partial charge in [-0.3, -0.25) is 9.59 Å². The Morgan fingerprint density at radius 2 is 0.764 bits per heavy atom. The van der Waals surface area contributed by atoms with Crippen LogP contribution in [0.4, 0.5) is 11.4 Å². The average Bonchev–Trinajstić information content (AvgIpc) is 3.86. The number of amides is 2. The van der Waals surface area contributed by atoms with Crippen molar-refractivity contribution in [2.24, 2.45) is 10.2 Å². The van der Waals surface area contributed by atoms with E-state index in [-0.39, 0.29) is 40.6 Å². The van der Waals surface area contributed by atoms with Crippen LogP contribution < -0.4 is 20.2 Å². The number of para-hydroxylation sites is 4. The Bertz CT molecular complexity index is 2320. The third-order valence-electron chi connectivity index (χ3n) is 8.83. The van der Waals surface area contributed by atoms with Gasteiger partial charge in [0.15, 0.2) is 0 Å². The molecule has 8 rings (SSSR count). The normalized spacial score (nSPS) is 15.2. The van der Waals surface area contributed by atoms with E-state index in [0.29, 0.717) is 67.8 Å². The number of nitrogens with zero attached hydrogens (tertiary/aromatic N) is 8. The third-order valence-corrected chi connectivity index (χ3v) is 8.83. The zero-order valence-corrected chi connectivity index (χ0v) is 31.2. The van der Waals surface area contributed by atoms with E-state index < -0.39 is 0 Å². The van der Waals surface area contributed by atoms with Gasteiger partial charge in [0.2, 0.25) is 0 Å². The maximum absolute atomic E-state index is 12.8. The van der Waals surface area contributed by atoms with E-state index in [1.54, 1.807) is 39.8 Å². The van der Waals surface area contributed by atoms with Crippen molar-refractivity contribution in [1.82, 2.24) is 19.6 Å². The molecule has 2 aromatic heterocycles. The van der Waals surface area contributed by atoms with E-state index in [1.165, 1.54) is 19.4 Å². The van der Waals surface area contributed by atoms with Crippen molar-refractivity contribution < 1.29 is 36.9 Å². The van der Waals surface area contributed by atoms with Crippen LogP contribution in [0.1, 0.15) is 36.4 Å². The summed E-state index contributed by atoms with van der Waals surface area (Å²) in [7, 11) is 0. The fraction of sp³-hybridized carbons (Fsp3) is 0.0952. The molecule has 0 saturated heterocycles. The van der Waals surface area contributed by atoms with Gasteiger partial charge in [-0.25, -0.2) is 9.36 Å². The molecule has 13 heteroatoms. The van der Waals surface area contributed by atoms with Crippen LogP contribution in [-0.2, 0) is 26.7 Å². The first-order valence-electron chi connectivity index (χ1n) is 17.1. The standard InChI is InChI=1S/2C21H18N4O2.Cu/c2*1-14-18(20(26)24(22-14)16-9-5-3-6-10-16)13-19-15(2)23-25(21(19)27)17-11-7-4-8-12-17;/h2*3-13,26H,1-2H3;/q;;+2/p-2/b2*19-13+;. The van der Waals surface area contributed by atoms with Gasteiger partial charge in [0.05, 0.1) is 56.7 Å². The Morgan fingerprint density at radius 1 is 0.473 bits per heavy atom. The third kappa shape index (κ3) is 7.52. The van der Waals surface area contributed by atoms with Crippen molar-refractivity contribution in [3.63, 3.8) is 0 Å². The summed E-state index contributed by atoms with van der Waals surface area (Å²) in [6, 6.07) is 36.8. The van der Waals surface area contributed by atoms with Gasteiger partial charge in [-0.2, -0.15) is 30.4 Å². The molecular weight excluding hydrogens is 744 g/mol. The molecule has 1 radical (unpaired) electrons. The van der Waals surface area contributed by atoms with Crippen LogP contribution in [0.2, 0.25) is 0 Å². The van der Waals surface area contributed by atoms with Crippen LogP contribution in [0.25, 0.3) is 23.5 Å². The van der Waals surface area contributed by atoms with Crippen LogP contribution >= 0.6 is 0 Å². The minimum atomic E-state index is -0.259. The van der Waals surface area contributed by atoms with Gasteiger partial charge in [-0.05, 0) is 100 Å². The van der Waals surface area contributed by atoms with Gasteiger partial charge in [0.25, 0.3) is 11.8 Å². The van der Waals surface area contributed by atoms with Crippen LogP contribution in [0, 0.1) is 13.8 Å². The van der Waals surface area contributed by atoms with Crippen LogP contribution in [0.15, 0.2) is 143 Å². The minimum absolute atomic E-state index is 0. The van der Waals surface area contributed by atoms with Gasteiger partial charge < -0.3 is 10.2 Å². The fourth-order valence-corrected chi connectivity index (χ4v) is 6.00. The van der Waals surface area contributed by atoms with Crippen molar-refractivity contribution in [1.29, 1.82) is 0 Å². The molecule has 0 N–H and O–H groups in total. The first kappa shape index (κ1) is 37.9. The van der Waals surface area contributed by atoms with E-state index in [9.17, 15) is 19.8 Å². The Balaban J connectivity index is 0.000000184. The molecule has 0 bridgehead atoms. The summed E-state index contributed by atoms with van der Waals surface area (Å²) in [5.74, 6) is -1.04. The number of aromatic nitrogens is 4. The Kier molecular flexibility index (Phi) is 11.1. The minimum Gasteiger partial charge on any atom is -0.858 e. The van der Waals surface area contributed by atoms with Crippen molar-refractivity contribution in [3.8, 4) is 23.1 Å². The SMILES string of the molecule is CC1=NN(c2ccccc2)C(=O)/C1=C/c1c(C)nn(-c2ccccc2)c1[O-].CC1=NN(c2ccccc2)C(=O)/C1=C/c1c(C)nn(-c2ccccc2)c1[O-].[Cu+2]. The van der Waals surface area contributed by atoms with E-state index in [0.717, 1.165) is 0 Å². The molecular formula is C42H34CuN8O4. The number of rotatable bonds is 6. The summed E-state index contributed by atoms with van der Waals surface area (Å²) >= 11 is 0. The molecule has 2 amide bonds. The predicted molar refractivity (Wildman–Crippen MR) is 206 cm³/mol. The monoisotopic (exact) mass is 777 g/mol. The van der Waals surface area contributed by atoms with Gasteiger partial charge >= 0.3 is 17.1 Å². The van der Waals surface area contributed by atoms with Crippen LogP contribution in [-0.4, -0.2) is 42.8 Å². The van der Waals surface area contributed by atoms with Gasteiger partial charge in [0, 0.05) is 11.1 Å². The molecule has 55 heavy (non-hydrogen) atoms. The maximum atomic E-state index is 12.8. The zero-order chi connectivity index (χ0) is 37.9. The van der Waals surface area contributed by atoms with Gasteiger partial charge in [-0.15, -0.1) is 0 Å². The van der Waals surface area contributed by atoms with E-state index in [4.69, 9.17) is 0 Å². The summed E-state index contributed by atoms with van der Waals surface area (Å²) in [6.07, 6.45) is 3.18. The molecule has 0 fully saturated rings. The number of hydrazone groups is 2. The number of aryl methyl sites for hydroxylation is 2. The number of hydrogen-bond acceptors (Lipinski definition) is 8. The summed E-state index contributed by atoms with van der Waals surface area (Å²) < 4.78 is 2.70. The molecule has 277 valence electrons. The summed E-state index contributed by atoms with van der Waals surface area (Å²) in [5.41, 5.74) is 6.58. The molecule has 0 atom stereocenters.